The number of nitrogens with one attached hydrogen (secondary N) is 2. The van der Waals surface area contributed by atoms with E-state index in [1.54, 1.807) is 0 Å². The summed E-state index contributed by atoms with van der Waals surface area (Å²) in [4.78, 5) is 22.8. The molecule has 0 radical (unpaired) electrons. The van der Waals surface area contributed by atoms with Crippen LogP contribution in [-0.4, -0.2) is 30.2 Å². The Morgan fingerprint density at radius 3 is 2.52 bits per heavy atom. The number of rotatable bonds is 6. The SMILES string of the molecule is CC1CCCC(CNC(=O)NCC2(CC(=O)O)CCC2)C1. The second-order valence-corrected chi connectivity index (χ2v) is 7.13. The molecule has 2 atom stereocenters. The number of urea groups is 1. The standard InChI is InChI=1S/C16H28N2O3/c1-12-4-2-5-13(8-12)10-17-15(21)18-11-16(6-3-7-16)9-14(19)20/h12-13H,2-11H2,1H3,(H,19,20)(H2,17,18,21). The number of carboxylic acids is 1. The number of amides is 2. The summed E-state index contributed by atoms with van der Waals surface area (Å²) in [6.07, 6.45) is 8.00. The molecule has 5 nitrogen and oxygen atoms in total. The maximum atomic E-state index is 11.9. The first kappa shape index (κ1) is 16.1. The lowest BCUT2D eigenvalue weighted by atomic mass is 9.66. The van der Waals surface area contributed by atoms with Crippen LogP contribution in [-0.2, 0) is 4.79 Å². The molecule has 5 heteroatoms. The van der Waals surface area contributed by atoms with Crippen LogP contribution in [0.4, 0.5) is 4.79 Å². The van der Waals surface area contributed by atoms with Gasteiger partial charge in [0.05, 0.1) is 6.42 Å². The fraction of sp³-hybridized carbons (Fsp3) is 0.875. The molecule has 2 rings (SSSR count). The molecule has 0 aromatic heterocycles. The Morgan fingerprint density at radius 1 is 1.19 bits per heavy atom. The van der Waals surface area contributed by atoms with Gasteiger partial charge in [0.1, 0.15) is 0 Å². The van der Waals surface area contributed by atoms with Crippen LogP contribution in [0.15, 0.2) is 0 Å². The highest BCUT2D eigenvalue weighted by molar-refractivity contribution is 5.74. The van der Waals surface area contributed by atoms with Gasteiger partial charge in [-0.15, -0.1) is 0 Å². The van der Waals surface area contributed by atoms with E-state index in [9.17, 15) is 9.59 Å². The van der Waals surface area contributed by atoms with Gasteiger partial charge in [-0.3, -0.25) is 4.79 Å². The van der Waals surface area contributed by atoms with Crippen molar-refractivity contribution in [2.75, 3.05) is 13.1 Å². The maximum Gasteiger partial charge on any atom is 0.314 e. The van der Waals surface area contributed by atoms with Gasteiger partial charge in [-0.05, 0) is 42.9 Å². The normalized spacial score (nSPS) is 27.5. The van der Waals surface area contributed by atoms with Crippen molar-refractivity contribution in [3.63, 3.8) is 0 Å². The van der Waals surface area contributed by atoms with Crippen molar-refractivity contribution in [3.05, 3.63) is 0 Å². The second-order valence-electron chi connectivity index (χ2n) is 7.13. The van der Waals surface area contributed by atoms with Gasteiger partial charge in [0, 0.05) is 13.1 Å². The third-order valence-corrected chi connectivity index (χ3v) is 5.16. The zero-order valence-electron chi connectivity index (χ0n) is 13.0. The zero-order chi connectivity index (χ0) is 15.3. The molecule has 0 heterocycles. The number of hydrogen-bond acceptors (Lipinski definition) is 2. The van der Waals surface area contributed by atoms with E-state index in [2.05, 4.69) is 17.6 Å². The fourth-order valence-electron chi connectivity index (χ4n) is 3.73. The van der Waals surface area contributed by atoms with E-state index in [4.69, 9.17) is 5.11 Å². The molecule has 21 heavy (non-hydrogen) atoms. The van der Waals surface area contributed by atoms with Crippen molar-refractivity contribution in [2.24, 2.45) is 17.3 Å². The van der Waals surface area contributed by atoms with Crippen LogP contribution in [0.1, 0.15) is 58.3 Å². The molecule has 2 amide bonds. The summed E-state index contributed by atoms with van der Waals surface area (Å²) in [5.74, 6) is 0.590. The molecule has 2 fully saturated rings. The van der Waals surface area contributed by atoms with Gasteiger partial charge in [0.25, 0.3) is 0 Å². The molecule has 2 aliphatic rings. The summed E-state index contributed by atoms with van der Waals surface area (Å²) >= 11 is 0. The smallest absolute Gasteiger partial charge is 0.314 e. The van der Waals surface area contributed by atoms with E-state index in [1.165, 1.54) is 25.7 Å². The quantitative estimate of drug-likeness (QED) is 0.705. The molecule has 0 saturated heterocycles. The highest BCUT2D eigenvalue weighted by Crippen LogP contribution is 2.43. The van der Waals surface area contributed by atoms with Crippen molar-refractivity contribution in [1.82, 2.24) is 10.6 Å². The number of carbonyl (C=O) groups is 2. The first-order valence-electron chi connectivity index (χ1n) is 8.23. The number of carboxylic acid groups (broad SMARTS) is 1. The Bertz CT molecular complexity index is 380. The van der Waals surface area contributed by atoms with Gasteiger partial charge in [-0.25, -0.2) is 4.79 Å². The van der Waals surface area contributed by atoms with Crippen LogP contribution in [0.5, 0.6) is 0 Å². The van der Waals surface area contributed by atoms with E-state index < -0.39 is 5.97 Å². The largest absolute Gasteiger partial charge is 0.481 e. The lowest BCUT2D eigenvalue weighted by Gasteiger charge is -2.40. The second kappa shape index (κ2) is 7.14. The number of aliphatic carboxylic acids is 1. The van der Waals surface area contributed by atoms with Crippen LogP contribution in [0.25, 0.3) is 0 Å². The fourth-order valence-corrected chi connectivity index (χ4v) is 3.73. The van der Waals surface area contributed by atoms with Gasteiger partial charge in [0.15, 0.2) is 0 Å². The number of hydrogen-bond donors (Lipinski definition) is 3. The van der Waals surface area contributed by atoms with Crippen molar-refractivity contribution in [2.45, 2.75) is 58.3 Å². The Kier molecular flexibility index (Phi) is 5.48. The third kappa shape index (κ3) is 4.90. The molecule has 0 aromatic rings. The summed E-state index contributed by atoms with van der Waals surface area (Å²) in [5.41, 5.74) is -0.206. The average Bonchev–Trinajstić information content (AvgIpc) is 2.39. The van der Waals surface area contributed by atoms with Gasteiger partial charge >= 0.3 is 12.0 Å². The zero-order valence-corrected chi connectivity index (χ0v) is 13.0. The van der Waals surface area contributed by atoms with Crippen molar-refractivity contribution < 1.29 is 14.7 Å². The lowest BCUT2D eigenvalue weighted by Crippen LogP contribution is -2.47. The van der Waals surface area contributed by atoms with Crippen molar-refractivity contribution in [1.29, 1.82) is 0 Å². The minimum atomic E-state index is -0.770. The van der Waals surface area contributed by atoms with Crippen LogP contribution in [0, 0.1) is 17.3 Å². The molecule has 0 aromatic carbocycles. The van der Waals surface area contributed by atoms with E-state index in [1.807, 2.05) is 0 Å². The highest BCUT2D eigenvalue weighted by Gasteiger charge is 2.39. The first-order chi connectivity index (χ1) is 9.99. The third-order valence-electron chi connectivity index (χ3n) is 5.16. The summed E-state index contributed by atoms with van der Waals surface area (Å²) in [7, 11) is 0. The van der Waals surface area contributed by atoms with E-state index in [-0.39, 0.29) is 17.9 Å². The highest BCUT2D eigenvalue weighted by atomic mass is 16.4. The Hall–Kier alpha value is -1.26. The Morgan fingerprint density at radius 2 is 1.95 bits per heavy atom. The lowest BCUT2D eigenvalue weighted by molar-refractivity contribution is -0.141. The van der Waals surface area contributed by atoms with Crippen LogP contribution < -0.4 is 10.6 Å². The maximum absolute atomic E-state index is 11.9. The molecule has 2 saturated carbocycles. The van der Waals surface area contributed by atoms with Crippen LogP contribution in [0.2, 0.25) is 0 Å². The van der Waals surface area contributed by atoms with Gasteiger partial charge in [-0.2, -0.15) is 0 Å². The molecule has 0 aliphatic heterocycles. The van der Waals surface area contributed by atoms with Gasteiger partial charge in [0.2, 0.25) is 0 Å². The predicted molar refractivity (Wildman–Crippen MR) is 81.1 cm³/mol. The summed E-state index contributed by atoms with van der Waals surface area (Å²) in [5, 5.41) is 14.8. The van der Waals surface area contributed by atoms with E-state index in [0.717, 1.165) is 31.7 Å². The molecular formula is C16H28N2O3. The summed E-state index contributed by atoms with van der Waals surface area (Å²) in [6.45, 7) is 3.49. The summed E-state index contributed by atoms with van der Waals surface area (Å²) in [6, 6.07) is -0.148. The monoisotopic (exact) mass is 296 g/mol. The Balaban J connectivity index is 1.66. The predicted octanol–water partition coefficient (Wildman–Crippen LogP) is 2.76. The van der Waals surface area contributed by atoms with Crippen molar-refractivity contribution in [3.8, 4) is 0 Å². The molecule has 2 aliphatic carbocycles. The minimum Gasteiger partial charge on any atom is -0.481 e. The molecular weight excluding hydrogens is 268 g/mol. The van der Waals surface area contributed by atoms with Crippen molar-refractivity contribution >= 4 is 12.0 Å². The Labute approximate surface area is 126 Å². The molecule has 120 valence electrons. The number of carbonyl (C=O) groups excluding carboxylic acids is 1. The van der Waals surface area contributed by atoms with E-state index in [0.29, 0.717) is 12.5 Å². The molecule has 3 N–H and O–H groups in total. The summed E-state index contributed by atoms with van der Waals surface area (Å²) < 4.78 is 0. The molecule has 2 unspecified atom stereocenters. The molecule has 0 spiro atoms. The topological polar surface area (TPSA) is 78.4 Å². The minimum absolute atomic E-state index is 0.148. The van der Waals surface area contributed by atoms with Gasteiger partial charge in [-0.1, -0.05) is 26.2 Å². The van der Waals surface area contributed by atoms with E-state index >= 15 is 0 Å². The average molecular weight is 296 g/mol. The first-order valence-corrected chi connectivity index (χ1v) is 8.23. The van der Waals surface area contributed by atoms with Gasteiger partial charge < -0.3 is 15.7 Å². The molecule has 0 bridgehead atoms. The van der Waals surface area contributed by atoms with Crippen LogP contribution in [0.3, 0.4) is 0 Å². The van der Waals surface area contributed by atoms with Crippen LogP contribution >= 0.6 is 0 Å².